The number of hydrogen-bond acceptors (Lipinski definition) is 4. The van der Waals surface area contributed by atoms with Gasteiger partial charge < -0.3 is 4.90 Å². The summed E-state index contributed by atoms with van der Waals surface area (Å²) in [7, 11) is 0. The molecule has 1 aliphatic rings. The number of likely N-dealkylation sites (tertiary alicyclic amines) is 1. The molecule has 9 heteroatoms. The monoisotopic (exact) mass is 372 g/mol. The minimum absolute atomic E-state index is 0.0476. The first kappa shape index (κ1) is 16.6. The number of nitrogens with zero attached hydrogens (tertiary/aromatic N) is 4. The second-order valence-corrected chi connectivity index (χ2v) is 6.65. The van der Waals surface area contributed by atoms with Crippen LogP contribution < -0.4 is 5.69 Å². The predicted octanol–water partition coefficient (Wildman–Crippen LogP) is 1.96. The fourth-order valence-corrected chi connectivity index (χ4v) is 3.53. The number of H-pyrrole nitrogens is 2. The van der Waals surface area contributed by atoms with Crippen molar-refractivity contribution in [3.05, 3.63) is 63.6 Å². The molecule has 4 rings (SSSR count). The van der Waals surface area contributed by atoms with Crippen LogP contribution in [-0.4, -0.2) is 48.9 Å². The maximum atomic E-state index is 12.7. The summed E-state index contributed by atoms with van der Waals surface area (Å²) in [6.07, 6.45) is 3.08. The number of aromatic nitrogens is 5. The zero-order chi connectivity index (χ0) is 18.1. The molecule has 3 aromatic rings. The van der Waals surface area contributed by atoms with Crippen molar-refractivity contribution in [3.63, 3.8) is 0 Å². The Bertz CT molecular complexity index is 977. The van der Waals surface area contributed by atoms with Crippen molar-refractivity contribution in [3.8, 4) is 5.69 Å². The second kappa shape index (κ2) is 6.80. The molecular weight excluding hydrogens is 356 g/mol. The quantitative estimate of drug-likeness (QED) is 0.734. The standard InChI is InChI=1S/C17H17ClN6O2/c18-13-9-19-20-14(13)16(25)23-8-4-5-11(10-23)15-21-22-17(26)24(15)12-6-2-1-3-7-12/h1-3,6-7,9,11H,4-5,8,10H2,(H,19,20)(H,22,26). The van der Waals surface area contributed by atoms with Crippen molar-refractivity contribution in [1.82, 2.24) is 29.9 Å². The topological polar surface area (TPSA) is 99.7 Å². The first-order valence-electron chi connectivity index (χ1n) is 8.36. The molecule has 0 aliphatic carbocycles. The Morgan fingerprint density at radius 1 is 1.23 bits per heavy atom. The van der Waals surface area contributed by atoms with Gasteiger partial charge in [-0.05, 0) is 25.0 Å². The minimum atomic E-state index is -0.286. The van der Waals surface area contributed by atoms with E-state index in [4.69, 9.17) is 11.6 Å². The Kier molecular flexibility index (Phi) is 4.34. The third-order valence-electron chi connectivity index (χ3n) is 4.59. The lowest BCUT2D eigenvalue weighted by molar-refractivity contribution is 0.0698. The summed E-state index contributed by atoms with van der Waals surface area (Å²) in [4.78, 5) is 26.7. The SMILES string of the molecule is O=C(c1[nH]ncc1Cl)N1CCCC(c2n[nH]c(=O)n2-c2ccccc2)C1. The number of rotatable bonds is 3. The van der Waals surface area contributed by atoms with Crippen LogP contribution in [0.25, 0.3) is 5.69 Å². The Morgan fingerprint density at radius 2 is 2.04 bits per heavy atom. The summed E-state index contributed by atoms with van der Waals surface area (Å²) < 4.78 is 1.57. The van der Waals surface area contributed by atoms with E-state index in [9.17, 15) is 9.59 Å². The van der Waals surface area contributed by atoms with Gasteiger partial charge in [-0.15, -0.1) is 0 Å². The Hall–Kier alpha value is -2.87. The summed E-state index contributed by atoms with van der Waals surface area (Å²) in [5.74, 6) is 0.393. The Morgan fingerprint density at radius 3 is 2.77 bits per heavy atom. The number of amides is 1. The van der Waals surface area contributed by atoms with Gasteiger partial charge in [-0.1, -0.05) is 29.8 Å². The number of piperidine rings is 1. The molecule has 0 bridgehead atoms. The Balaban J connectivity index is 1.63. The zero-order valence-electron chi connectivity index (χ0n) is 13.9. The van der Waals surface area contributed by atoms with E-state index in [1.54, 1.807) is 9.47 Å². The highest BCUT2D eigenvalue weighted by Crippen LogP contribution is 2.27. The van der Waals surface area contributed by atoms with Gasteiger partial charge in [-0.3, -0.25) is 9.89 Å². The van der Waals surface area contributed by atoms with Crippen LogP contribution in [0.2, 0.25) is 5.02 Å². The number of benzene rings is 1. The van der Waals surface area contributed by atoms with Crippen LogP contribution in [0.3, 0.4) is 0 Å². The molecule has 1 fully saturated rings. The van der Waals surface area contributed by atoms with Crippen LogP contribution in [-0.2, 0) is 0 Å². The number of halogens is 1. The average Bonchev–Trinajstić information content (AvgIpc) is 3.27. The Labute approximate surface area is 153 Å². The van der Waals surface area contributed by atoms with Crippen LogP contribution >= 0.6 is 11.6 Å². The predicted molar refractivity (Wildman–Crippen MR) is 95.7 cm³/mol. The van der Waals surface area contributed by atoms with Gasteiger partial charge in [0.2, 0.25) is 0 Å². The van der Waals surface area contributed by atoms with Crippen LogP contribution in [0.1, 0.15) is 35.1 Å². The summed E-state index contributed by atoms with van der Waals surface area (Å²) in [6, 6.07) is 9.35. The molecule has 1 unspecified atom stereocenters. The van der Waals surface area contributed by atoms with Crippen LogP contribution in [0, 0.1) is 0 Å². The lowest BCUT2D eigenvalue weighted by Gasteiger charge is -2.32. The number of para-hydroxylation sites is 1. The number of carbonyl (C=O) groups is 1. The van der Waals surface area contributed by atoms with Gasteiger partial charge in [-0.2, -0.15) is 10.2 Å². The number of carbonyl (C=O) groups excluding carboxylic acids is 1. The molecule has 3 heterocycles. The second-order valence-electron chi connectivity index (χ2n) is 6.24. The fourth-order valence-electron chi connectivity index (χ4n) is 3.36. The molecule has 2 aromatic heterocycles. The number of aromatic amines is 2. The van der Waals surface area contributed by atoms with E-state index in [1.807, 2.05) is 30.3 Å². The van der Waals surface area contributed by atoms with E-state index in [-0.39, 0.29) is 23.2 Å². The number of hydrogen-bond donors (Lipinski definition) is 2. The van der Waals surface area contributed by atoms with Gasteiger partial charge >= 0.3 is 5.69 Å². The molecule has 26 heavy (non-hydrogen) atoms. The fraction of sp³-hybridized carbons (Fsp3) is 0.294. The molecule has 1 aliphatic heterocycles. The molecule has 0 saturated carbocycles. The first-order valence-corrected chi connectivity index (χ1v) is 8.74. The third-order valence-corrected chi connectivity index (χ3v) is 4.88. The molecule has 0 spiro atoms. The van der Waals surface area contributed by atoms with Crippen LogP contribution in [0.15, 0.2) is 41.3 Å². The van der Waals surface area contributed by atoms with Gasteiger partial charge in [0.15, 0.2) is 0 Å². The molecular formula is C17H17ClN6O2. The highest BCUT2D eigenvalue weighted by molar-refractivity contribution is 6.33. The third kappa shape index (κ3) is 2.92. The van der Waals surface area contributed by atoms with E-state index in [0.29, 0.717) is 23.9 Å². The zero-order valence-corrected chi connectivity index (χ0v) is 14.6. The highest BCUT2D eigenvalue weighted by Gasteiger charge is 2.30. The summed E-state index contributed by atoms with van der Waals surface area (Å²) in [5.41, 5.74) is 0.752. The summed E-state index contributed by atoms with van der Waals surface area (Å²) >= 11 is 6.01. The average molecular weight is 373 g/mol. The normalized spacial score (nSPS) is 17.4. The lowest BCUT2D eigenvalue weighted by atomic mass is 9.96. The van der Waals surface area contributed by atoms with Crippen molar-refractivity contribution < 1.29 is 4.79 Å². The van der Waals surface area contributed by atoms with E-state index >= 15 is 0 Å². The summed E-state index contributed by atoms with van der Waals surface area (Å²) in [5, 5.41) is 13.5. The van der Waals surface area contributed by atoms with Crippen molar-refractivity contribution in [2.75, 3.05) is 13.1 Å². The smallest absolute Gasteiger partial charge is 0.337 e. The molecule has 134 valence electrons. The summed E-state index contributed by atoms with van der Waals surface area (Å²) in [6.45, 7) is 1.09. The maximum absolute atomic E-state index is 12.7. The van der Waals surface area contributed by atoms with Crippen molar-refractivity contribution in [2.45, 2.75) is 18.8 Å². The van der Waals surface area contributed by atoms with Crippen LogP contribution in [0.4, 0.5) is 0 Å². The lowest BCUT2D eigenvalue weighted by Crippen LogP contribution is -2.40. The molecule has 1 atom stereocenters. The van der Waals surface area contributed by atoms with E-state index < -0.39 is 0 Å². The molecule has 0 radical (unpaired) electrons. The minimum Gasteiger partial charge on any atom is -0.337 e. The van der Waals surface area contributed by atoms with E-state index in [1.165, 1.54) is 6.20 Å². The van der Waals surface area contributed by atoms with Crippen molar-refractivity contribution in [1.29, 1.82) is 0 Å². The molecule has 1 saturated heterocycles. The van der Waals surface area contributed by atoms with Gasteiger partial charge in [0, 0.05) is 19.0 Å². The number of nitrogens with one attached hydrogen (secondary N) is 2. The molecule has 8 nitrogen and oxygen atoms in total. The van der Waals surface area contributed by atoms with Gasteiger partial charge in [0.25, 0.3) is 5.91 Å². The van der Waals surface area contributed by atoms with Gasteiger partial charge in [0.1, 0.15) is 11.5 Å². The van der Waals surface area contributed by atoms with Crippen molar-refractivity contribution >= 4 is 17.5 Å². The largest absolute Gasteiger partial charge is 0.347 e. The van der Waals surface area contributed by atoms with Gasteiger partial charge in [0.05, 0.1) is 16.9 Å². The highest BCUT2D eigenvalue weighted by atomic mass is 35.5. The van der Waals surface area contributed by atoms with E-state index in [2.05, 4.69) is 20.4 Å². The maximum Gasteiger partial charge on any atom is 0.347 e. The van der Waals surface area contributed by atoms with Crippen molar-refractivity contribution in [2.24, 2.45) is 0 Å². The van der Waals surface area contributed by atoms with E-state index in [0.717, 1.165) is 18.5 Å². The van der Waals surface area contributed by atoms with Gasteiger partial charge in [-0.25, -0.2) is 14.5 Å². The first-order chi connectivity index (χ1) is 12.6. The van der Waals surface area contributed by atoms with Crippen LogP contribution in [0.5, 0.6) is 0 Å². The molecule has 1 aromatic carbocycles. The molecule has 1 amide bonds. The molecule has 2 N–H and O–H groups in total.